The summed E-state index contributed by atoms with van der Waals surface area (Å²) in [4.78, 5) is 14.0. The molecule has 0 bridgehead atoms. The van der Waals surface area contributed by atoms with Crippen molar-refractivity contribution >= 4 is 38.5 Å². The van der Waals surface area contributed by atoms with Gasteiger partial charge in [0.15, 0.2) is 0 Å². The molecule has 0 spiro atoms. The third kappa shape index (κ3) is 3.56. The number of benzene rings is 3. The van der Waals surface area contributed by atoms with Crippen LogP contribution < -0.4 is 4.74 Å². The topological polar surface area (TPSA) is 52.3 Å². The summed E-state index contributed by atoms with van der Waals surface area (Å²) in [6.07, 6.45) is 3.58. The fourth-order valence-electron chi connectivity index (χ4n) is 4.43. The van der Waals surface area contributed by atoms with Crippen molar-refractivity contribution in [2.24, 2.45) is 0 Å². The zero-order valence-corrected chi connectivity index (χ0v) is 20.5. The summed E-state index contributed by atoms with van der Waals surface area (Å²) in [5.41, 5.74) is 5.33. The maximum absolute atomic E-state index is 6.19. The third-order valence-electron chi connectivity index (χ3n) is 5.92. The van der Waals surface area contributed by atoms with E-state index in [9.17, 15) is 0 Å². The SMILES string of the molecule is [Pt+2].[c-]1c(Oc2[c-]c3c(cc2)c2cccnc2n2c4ccccc4nc32)cccc1-c1ccccn1. The summed E-state index contributed by atoms with van der Waals surface area (Å²) in [5, 5.41) is 2.96. The molecule has 0 aliphatic heterocycles. The van der Waals surface area contributed by atoms with Gasteiger partial charge in [-0.1, -0.05) is 59.3 Å². The number of rotatable bonds is 3. The Balaban J connectivity index is 0.00000229. The summed E-state index contributed by atoms with van der Waals surface area (Å²) in [7, 11) is 0. The molecule has 4 heterocycles. The van der Waals surface area contributed by atoms with Crippen LogP contribution in [0.3, 0.4) is 0 Å². The molecule has 6 heteroatoms. The molecule has 4 aromatic heterocycles. The van der Waals surface area contributed by atoms with Gasteiger partial charge in [0.25, 0.3) is 0 Å². The zero-order chi connectivity index (χ0) is 22.5. The Morgan fingerprint density at radius 2 is 1.51 bits per heavy atom. The second-order valence-corrected chi connectivity index (χ2v) is 7.99. The second-order valence-electron chi connectivity index (χ2n) is 7.99. The molecule has 7 aromatic rings. The van der Waals surface area contributed by atoms with Crippen LogP contribution in [0.2, 0.25) is 0 Å². The molecule has 0 aliphatic carbocycles. The molecule has 0 atom stereocenters. The van der Waals surface area contributed by atoms with Crippen molar-refractivity contribution in [2.45, 2.75) is 0 Å². The number of fused-ring (bicyclic) bond motifs is 8. The van der Waals surface area contributed by atoms with E-state index in [0.29, 0.717) is 11.5 Å². The zero-order valence-electron chi connectivity index (χ0n) is 18.3. The van der Waals surface area contributed by atoms with Crippen LogP contribution >= 0.6 is 0 Å². The van der Waals surface area contributed by atoms with Crippen LogP contribution in [0.5, 0.6) is 11.5 Å². The van der Waals surface area contributed by atoms with Crippen LogP contribution in [-0.4, -0.2) is 19.4 Å². The van der Waals surface area contributed by atoms with E-state index >= 15 is 0 Å². The third-order valence-corrected chi connectivity index (χ3v) is 5.92. The predicted octanol–water partition coefficient (Wildman–Crippen LogP) is 6.64. The van der Waals surface area contributed by atoms with E-state index in [1.54, 1.807) is 6.20 Å². The minimum Gasteiger partial charge on any atom is -0.497 e. The average Bonchev–Trinajstić information content (AvgIpc) is 3.30. The van der Waals surface area contributed by atoms with E-state index in [4.69, 9.17) is 9.72 Å². The van der Waals surface area contributed by atoms with E-state index in [-0.39, 0.29) is 21.1 Å². The normalized spacial score (nSPS) is 11.2. The number of para-hydroxylation sites is 2. The molecular formula is C29H16N4OPt. The Morgan fingerprint density at radius 1 is 0.657 bits per heavy atom. The maximum atomic E-state index is 6.19. The van der Waals surface area contributed by atoms with E-state index < -0.39 is 0 Å². The minimum absolute atomic E-state index is 0. The molecular weight excluding hydrogens is 615 g/mol. The molecule has 168 valence electrons. The van der Waals surface area contributed by atoms with Crippen LogP contribution in [0, 0.1) is 12.1 Å². The smallest absolute Gasteiger partial charge is 0.497 e. The molecule has 0 N–H and O–H groups in total. The van der Waals surface area contributed by atoms with Crippen LogP contribution in [0.4, 0.5) is 0 Å². The first-order chi connectivity index (χ1) is 16.8. The van der Waals surface area contributed by atoms with Crippen molar-refractivity contribution in [3.8, 4) is 22.8 Å². The van der Waals surface area contributed by atoms with E-state index in [1.807, 2.05) is 79.0 Å². The van der Waals surface area contributed by atoms with Gasteiger partial charge in [0.05, 0.1) is 16.7 Å². The second kappa shape index (κ2) is 8.61. The summed E-state index contributed by atoms with van der Waals surface area (Å²) >= 11 is 0. The number of aromatic nitrogens is 4. The number of pyridine rings is 3. The van der Waals surface area contributed by atoms with Gasteiger partial charge in [-0.2, -0.15) is 0 Å². The van der Waals surface area contributed by atoms with E-state index in [2.05, 4.69) is 38.6 Å². The van der Waals surface area contributed by atoms with Crippen LogP contribution in [0.15, 0.2) is 97.3 Å². The average molecular weight is 632 g/mol. The monoisotopic (exact) mass is 631 g/mol. The molecule has 0 radical (unpaired) electrons. The molecule has 3 aromatic carbocycles. The predicted molar refractivity (Wildman–Crippen MR) is 133 cm³/mol. The van der Waals surface area contributed by atoms with Gasteiger partial charge in [0.2, 0.25) is 0 Å². The van der Waals surface area contributed by atoms with Crippen molar-refractivity contribution in [3.63, 3.8) is 0 Å². The molecule has 0 fully saturated rings. The summed E-state index contributed by atoms with van der Waals surface area (Å²) < 4.78 is 8.29. The minimum atomic E-state index is 0. The van der Waals surface area contributed by atoms with Gasteiger partial charge in [-0.15, -0.1) is 29.8 Å². The number of hydrogen-bond acceptors (Lipinski definition) is 4. The van der Waals surface area contributed by atoms with Gasteiger partial charge < -0.3 is 14.1 Å². The number of ether oxygens (including phenoxy) is 1. The fraction of sp³-hybridized carbons (Fsp3) is 0. The first-order valence-electron chi connectivity index (χ1n) is 11.0. The molecule has 35 heavy (non-hydrogen) atoms. The van der Waals surface area contributed by atoms with E-state index in [1.165, 1.54) is 0 Å². The van der Waals surface area contributed by atoms with Crippen molar-refractivity contribution < 1.29 is 25.8 Å². The van der Waals surface area contributed by atoms with Crippen LogP contribution in [-0.2, 0) is 21.1 Å². The number of imidazole rings is 1. The van der Waals surface area contributed by atoms with Gasteiger partial charge in [-0.25, -0.2) is 4.98 Å². The summed E-state index contributed by atoms with van der Waals surface area (Å²) in [5.74, 6) is 1.20. The van der Waals surface area contributed by atoms with Gasteiger partial charge in [-0.3, -0.25) is 4.98 Å². The number of hydrogen-bond donors (Lipinski definition) is 0. The van der Waals surface area contributed by atoms with Crippen molar-refractivity contribution in [2.75, 3.05) is 0 Å². The Hall–Kier alpha value is -4.08. The van der Waals surface area contributed by atoms with Crippen LogP contribution in [0.25, 0.3) is 49.7 Å². The van der Waals surface area contributed by atoms with Crippen molar-refractivity contribution in [1.82, 2.24) is 19.4 Å². The first-order valence-corrected chi connectivity index (χ1v) is 11.0. The Kier molecular flexibility index (Phi) is 5.27. The van der Waals surface area contributed by atoms with Crippen LogP contribution in [0.1, 0.15) is 0 Å². The van der Waals surface area contributed by atoms with Crippen molar-refractivity contribution in [1.29, 1.82) is 0 Å². The molecule has 5 nitrogen and oxygen atoms in total. The number of nitrogens with zero attached hydrogens (tertiary/aromatic N) is 4. The summed E-state index contributed by atoms with van der Waals surface area (Å²) in [6.45, 7) is 0. The van der Waals surface area contributed by atoms with E-state index in [0.717, 1.165) is 49.7 Å². The van der Waals surface area contributed by atoms with Gasteiger partial charge in [0.1, 0.15) is 5.65 Å². The standard InChI is InChI=1S/C29H16N4O.Pt/c1-2-12-27-26(11-1)32-29-24-18-21(13-14-22(24)23-9-6-16-31-28(23)33(27)29)34-20-8-5-7-19(17-20)25-10-3-4-15-30-25;/h1-16H;/q-2;+2. The Bertz CT molecular complexity index is 1850. The Labute approximate surface area is 215 Å². The van der Waals surface area contributed by atoms with Gasteiger partial charge in [-0.05, 0) is 35.3 Å². The molecule has 0 saturated carbocycles. The summed E-state index contributed by atoms with van der Waals surface area (Å²) in [6, 6.07) is 34.5. The van der Waals surface area contributed by atoms with Crippen molar-refractivity contribution in [3.05, 3.63) is 109 Å². The molecule has 7 rings (SSSR count). The van der Waals surface area contributed by atoms with Gasteiger partial charge in [0, 0.05) is 23.9 Å². The quantitative estimate of drug-likeness (QED) is 0.162. The largest absolute Gasteiger partial charge is 2.00 e. The molecule has 0 amide bonds. The maximum Gasteiger partial charge on any atom is 2.00 e. The first kappa shape index (κ1) is 21.5. The molecule has 0 unspecified atom stereocenters. The van der Waals surface area contributed by atoms with Gasteiger partial charge >= 0.3 is 21.1 Å². The fourth-order valence-corrected chi connectivity index (χ4v) is 4.43. The molecule has 0 saturated heterocycles. The molecule has 0 aliphatic rings. The Morgan fingerprint density at radius 3 is 2.43 bits per heavy atom.